The van der Waals surface area contributed by atoms with Crippen molar-refractivity contribution in [2.75, 3.05) is 33.5 Å². The van der Waals surface area contributed by atoms with Crippen molar-refractivity contribution in [2.45, 2.75) is 89.3 Å². The van der Waals surface area contributed by atoms with Gasteiger partial charge in [-0.15, -0.1) is 0 Å². The first-order chi connectivity index (χ1) is 20.8. The molecular weight excluding hydrogens is 540 g/mol. The van der Waals surface area contributed by atoms with Gasteiger partial charge in [0.15, 0.2) is 6.29 Å². The fourth-order valence-electron chi connectivity index (χ4n) is 5.82. The summed E-state index contributed by atoms with van der Waals surface area (Å²) in [5.74, 6) is 0.782. The van der Waals surface area contributed by atoms with Crippen molar-refractivity contribution < 1.29 is 29.2 Å². The maximum absolute atomic E-state index is 12.3. The van der Waals surface area contributed by atoms with Crippen LogP contribution in [0.25, 0.3) is 0 Å². The van der Waals surface area contributed by atoms with E-state index in [0.29, 0.717) is 5.92 Å². The molecule has 1 aliphatic rings. The second-order valence-electron chi connectivity index (χ2n) is 12.0. The number of hydrogen-bond acceptors (Lipinski definition) is 6. The highest BCUT2D eigenvalue weighted by molar-refractivity contribution is 5.88. The van der Waals surface area contributed by atoms with Gasteiger partial charge in [0.25, 0.3) is 0 Å². The lowest BCUT2D eigenvalue weighted by Crippen LogP contribution is -2.24. The molecule has 0 radical (unpaired) electrons. The van der Waals surface area contributed by atoms with Crippen LogP contribution in [0.15, 0.2) is 72.8 Å². The maximum Gasteiger partial charge on any atom is 0.335 e. The summed E-state index contributed by atoms with van der Waals surface area (Å²) < 4.78 is 15.9. The number of methoxy groups -OCH3 is 1. The average molecular weight is 593 g/mol. The van der Waals surface area contributed by atoms with Crippen LogP contribution in [0, 0.1) is 5.92 Å². The van der Waals surface area contributed by atoms with Gasteiger partial charge in [0.2, 0.25) is 0 Å². The van der Waals surface area contributed by atoms with Crippen molar-refractivity contribution in [1.82, 2.24) is 0 Å². The van der Waals surface area contributed by atoms with Crippen molar-refractivity contribution in [3.63, 3.8) is 0 Å². The van der Waals surface area contributed by atoms with Gasteiger partial charge in [-0.2, -0.15) is 0 Å². The number of esters is 1. The average Bonchev–Trinajstić information content (AvgIpc) is 3.04. The van der Waals surface area contributed by atoms with E-state index in [-0.39, 0.29) is 43.5 Å². The molecule has 0 aliphatic heterocycles. The van der Waals surface area contributed by atoms with Gasteiger partial charge < -0.3 is 24.4 Å². The van der Waals surface area contributed by atoms with Crippen molar-refractivity contribution >= 4 is 5.97 Å². The Morgan fingerprint density at radius 1 is 0.930 bits per heavy atom. The number of unbranched alkanes of at least 4 members (excludes halogenated alkanes) is 2. The Balaban J connectivity index is 1.52. The van der Waals surface area contributed by atoms with Crippen LogP contribution in [0.1, 0.15) is 92.4 Å². The van der Waals surface area contributed by atoms with Crippen LogP contribution in [0.4, 0.5) is 0 Å². The molecule has 0 amide bonds. The fourth-order valence-corrected chi connectivity index (χ4v) is 5.82. The van der Waals surface area contributed by atoms with Gasteiger partial charge >= 0.3 is 5.97 Å². The van der Waals surface area contributed by atoms with Crippen molar-refractivity contribution in [3.05, 3.63) is 95.1 Å². The van der Waals surface area contributed by atoms with Crippen LogP contribution >= 0.6 is 0 Å². The molecule has 236 valence electrons. The Kier molecular flexibility index (Phi) is 15.2. The van der Waals surface area contributed by atoms with E-state index in [0.717, 1.165) is 24.3 Å². The minimum absolute atomic E-state index is 0.0477. The lowest BCUT2D eigenvalue weighted by Gasteiger charge is -2.29. The standard InChI is InChI=1S/C37H52O6/c1-5-6-7-8-29-11-17-32(18-12-29)33-19-13-30(14-20-33)9-10-31-15-21-34(22-16-31)35(25-42-36(39)27(2)23-38)26-43-37(40)28(3)24-41-4/h13-16,19-22,29,32,35-36,38-39H,2-3,5-12,17-18,23-26H2,1,4H3. The van der Waals surface area contributed by atoms with Gasteiger partial charge in [-0.3, -0.25) is 0 Å². The van der Waals surface area contributed by atoms with Crippen molar-refractivity contribution in [1.29, 1.82) is 0 Å². The SMILES string of the molecule is C=C(COC)C(=O)OCC(COC(O)C(=C)CO)c1ccc(CCc2ccc(C3CCC(CCCCC)CC3)cc2)cc1. The highest BCUT2D eigenvalue weighted by Crippen LogP contribution is 2.37. The molecule has 2 unspecified atom stereocenters. The molecule has 1 aliphatic carbocycles. The molecule has 3 rings (SSSR count). The van der Waals surface area contributed by atoms with E-state index in [1.54, 1.807) is 0 Å². The van der Waals surface area contributed by atoms with E-state index in [1.165, 1.54) is 75.2 Å². The number of carbonyl (C=O) groups excluding carboxylic acids is 1. The molecule has 0 heterocycles. The molecular formula is C37H52O6. The van der Waals surface area contributed by atoms with Crippen LogP contribution in [0.5, 0.6) is 0 Å². The van der Waals surface area contributed by atoms with E-state index < -0.39 is 12.3 Å². The van der Waals surface area contributed by atoms with Crippen molar-refractivity contribution in [2.24, 2.45) is 5.92 Å². The summed E-state index contributed by atoms with van der Waals surface area (Å²) in [6.45, 7) is 9.42. The third kappa shape index (κ3) is 11.7. The summed E-state index contributed by atoms with van der Waals surface area (Å²) in [5, 5.41) is 19.3. The number of aryl methyl sites for hydroxylation is 2. The van der Waals surface area contributed by atoms with Gasteiger partial charge in [0.1, 0.15) is 6.61 Å². The van der Waals surface area contributed by atoms with E-state index in [9.17, 15) is 15.0 Å². The minimum Gasteiger partial charge on any atom is -0.462 e. The Hall–Kier alpha value is -2.77. The Morgan fingerprint density at radius 3 is 2.14 bits per heavy atom. The Labute approximate surface area is 258 Å². The molecule has 2 atom stereocenters. The molecule has 43 heavy (non-hydrogen) atoms. The van der Waals surface area contributed by atoms with Gasteiger partial charge in [-0.1, -0.05) is 94.3 Å². The predicted molar refractivity (Wildman–Crippen MR) is 172 cm³/mol. The van der Waals surface area contributed by atoms with E-state index in [4.69, 9.17) is 14.2 Å². The first kappa shape index (κ1) is 34.7. The molecule has 0 spiro atoms. The fraction of sp³-hybridized carbons (Fsp3) is 0.541. The summed E-state index contributed by atoms with van der Waals surface area (Å²) in [7, 11) is 1.49. The van der Waals surface area contributed by atoms with Gasteiger partial charge in [0.05, 0.1) is 25.4 Å². The lowest BCUT2D eigenvalue weighted by molar-refractivity contribution is -0.141. The summed E-state index contributed by atoms with van der Waals surface area (Å²) >= 11 is 0. The number of benzene rings is 2. The number of ether oxygens (including phenoxy) is 3. The topological polar surface area (TPSA) is 85.2 Å². The zero-order valence-corrected chi connectivity index (χ0v) is 26.3. The molecule has 0 bridgehead atoms. The second-order valence-corrected chi connectivity index (χ2v) is 12.0. The Bertz CT molecular complexity index is 1110. The summed E-state index contributed by atoms with van der Waals surface area (Å²) in [5.41, 5.74) is 5.36. The third-order valence-corrected chi connectivity index (χ3v) is 8.70. The monoisotopic (exact) mass is 592 g/mol. The smallest absolute Gasteiger partial charge is 0.335 e. The van der Waals surface area contributed by atoms with Crippen LogP contribution in [0.2, 0.25) is 0 Å². The van der Waals surface area contributed by atoms with E-state index in [1.807, 2.05) is 12.1 Å². The first-order valence-electron chi connectivity index (χ1n) is 15.9. The molecule has 2 aromatic rings. The number of rotatable bonds is 19. The van der Waals surface area contributed by atoms with E-state index in [2.05, 4.69) is 56.5 Å². The molecule has 1 fully saturated rings. The summed E-state index contributed by atoms with van der Waals surface area (Å²) in [4.78, 5) is 12.3. The van der Waals surface area contributed by atoms with Crippen LogP contribution in [-0.2, 0) is 31.8 Å². The lowest BCUT2D eigenvalue weighted by atomic mass is 9.77. The molecule has 2 aromatic carbocycles. The van der Waals surface area contributed by atoms with Gasteiger partial charge in [-0.05, 0) is 72.6 Å². The molecule has 0 aromatic heterocycles. The Morgan fingerprint density at radius 2 is 1.56 bits per heavy atom. The molecule has 2 N–H and O–H groups in total. The van der Waals surface area contributed by atoms with Gasteiger partial charge in [0, 0.05) is 18.6 Å². The molecule has 6 nitrogen and oxygen atoms in total. The highest BCUT2D eigenvalue weighted by Gasteiger charge is 2.22. The maximum atomic E-state index is 12.3. The number of aliphatic hydroxyl groups excluding tert-OH is 2. The highest BCUT2D eigenvalue weighted by atomic mass is 16.6. The molecule has 0 saturated heterocycles. The van der Waals surface area contributed by atoms with Crippen molar-refractivity contribution in [3.8, 4) is 0 Å². The third-order valence-electron chi connectivity index (χ3n) is 8.70. The van der Waals surface area contributed by atoms with Crippen LogP contribution in [-0.4, -0.2) is 56.0 Å². The molecule has 1 saturated carbocycles. The summed E-state index contributed by atoms with van der Waals surface area (Å²) in [6, 6.07) is 17.5. The van der Waals surface area contributed by atoms with Gasteiger partial charge in [-0.25, -0.2) is 4.79 Å². The normalized spacial score (nSPS) is 18.1. The quantitative estimate of drug-likeness (QED) is 0.0599. The minimum atomic E-state index is -1.30. The largest absolute Gasteiger partial charge is 0.462 e. The van der Waals surface area contributed by atoms with Crippen LogP contribution in [0.3, 0.4) is 0 Å². The number of hydrogen-bond donors (Lipinski definition) is 2. The second kappa shape index (κ2) is 18.8. The summed E-state index contributed by atoms with van der Waals surface area (Å²) in [6.07, 6.45) is 11.5. The number of carbonyl (C=O) groups is 1. The zero-order valence-electron chi connectivity index (χ0n) is 26.3. The van der Waals surface area contributed by atoms with Crippen LogP contribution < -0.4 is 0 Å². The predicted octanol–water partition coefficient (Wildman–Crippen LogP) is 7.04. The zero-order chi connectivity index (χ0) is 31.0. The van der Waals surface area contributed by atoms with E-state index >= 15 is 0 Å². The number of aliphatic hydroxyl groups is 2. The molecule has 6 heteroatoms. The first-order valence-corrected chi connectivity index (χ1v) is 15.9.